The van der Waals surface area contributed by atoms with Gasteiger partial charge in [-0.3, -0.25) is 4.79 Å². The maximum absolute atomic E-state index is 12.8. The second kappa shape index (κ2) is 13.6. The van der Waals surface area contributed by atoms with Crippen LogP contribution in [0.15, 0.2) is 48.5 Å². The van der Waals surface area contributed by atoms with Gasteiger partial charge in [-0.05, 0) is 75.1 Å². The maximum Gasteiger partial charge on any atom is 0.348 e. The molecule has 3 aromatic rings. The molecule has 0 atom stereocenters. The van der Waals surface area contributed by atoms with Crippen LogP contribution in [-0.4, -0.2) is 37.7 Å². The Labute approximate surface area is 232 Å². The Hall–Kier alpha value is -4.11. The number of aryl methyl sites for hydroxylation is 1. The molecular weight excluding hydrogens is 518 g/mol. The van der Waals surface area contributed by atoms with Crippen molar-refractivity contribution in [2.45, 2.75) is 47.3 Å². The number of carbonyl (C=O) groups excluding carboxylic acids is 3. The first-order valence-corrected chi connectivity index (χ1v) is 13.3. The van der Waals surface area contributed by atoms with Crippen molar-refractivity contribution in [2.24, 2.45) is 0 Å². The van der Waals surface area contributed by atoms with E-state index >= 15 is 0 Å². The Bertz CT molecular complexity index is 1370. The molecule has 0 fully saturated rings. The lowest BCUT2D eigenvalue weighted by atomic mass is 10.1. The molecule has 8 nitrogen and oxygen atoms in total. The Morgan fingerprint density at radius 3 is 2.44 bits per heavy atom. The highest BCUT2D eigenvalue weighted by atomic mass is 32.1. The predicted octanol–water partition coefficient (Wildman–Crippen LogP) is 6.35. The summed E-state index contributed by atoms with van der Waals surface area (Å²) in [6.07, 6.45) is 2.61. The largest absolute Gasteiger partial charge is 0.493 e. The normalized spacial score (nSPS) is 10.9. The van der Waals surface area contributed by atoms with Crippen molar-refractivity contribution < 1.29 is 33.3 Å². The SMILES string of the molecule is CCOC(=O)c1c(NC(=O)/C=C/c2ccc(OCc3ccccc3C)c(OC)c2)sc(C(=O)OC(C)C)c1C. The van der Waals surface area contributed by atoms with Gasteiger partial charge in [0.15, 0.2) is 11.5 Å². The molecule has 0 bridgehead atoms. The number of rotatable bonds is 11. The monoisotopic (exact) mass is 551 g/mol. The number of carbonyl (C=O) groups is 3. The van der Waals surface area contributed by atoms with Gasteiger partial charge in [0.2, 0.25) is 5.91 Å². The Morgan fingerprint density at radius 1 is 1.03 bits per heavy atom. The van der Waals surface area contributed by atoms with Gasteiger partial charge in [-0.25, -0.2) is 9.59 Å². The highest BCUT2D eigenvalue weighted by Gasteiger charge is 2.27. The van der Waals surface area contributed by atoms with Gasteiger partial charge in [-0.2, -0.15) is 0 Å². The van der Waals surface area contributed by atoms with Crippen LogP contribution in [0.4, 0.5) is 5.00 Å². The summed E-state index contributed by atoms with van der Waals surface area (Å²) in [5.74, 6) is -0.565. The summed E-state index contributed by atoms with van der Waals surface area (Å²) in [6, 6.07) is 13.3. The number of hydrogen-bond acceptors (Lipinski definition) is 8. The summed E-state index contributed by atoms with van der Waals surface area (Å²) in [4.78, 5) is 38.2. The van der Waals surface area contributed by atoms with E-state index in [9.17, 15) is 14.4 Å². The first-order valence-electron chi connectivity index (χ1n) is 12.5. The first-order chi connectivity index (χ1) is 18.6. The summed E-state index contributed by atoms with van der Waals surface area (Å²) < 4.78 is 21.9. The summed E-state index contributed by atoms with van der Waals surface area (Å²) in [5.41, 5.74) is 3.45. The number of amides is 1. The van der Waals surface area contributed by atoms with Gasteiger partial charge < -0.3 is 24.3 Å². The van der Waals surface area contributed by atoms with Crippen molar-refractivity contribution in [3.8, 4) is 11.5 Å². The third-order valence-corrected chi connectivity index (χ3v) is 6.84. The summed E-state index contributed by atoms with van der Waals surface area (Å²) in [7, 11) is 1.55. The van der Waals surface area contributed by atoms with Crippen LogP contribution in [0.1, 0.15) is 63.1 Å². The van der Waals surface area contributed by atoms with Crippen LogP contribution in [0.2, 0.25) is 0 Å². The molecule has 1 heterocycles. The van der Waals surface area contributed by atoms with E-state index in [-0.39, 0.29) is 28.2 Å². The predicted molar refractivity (Wildman–Crippen MR) is 152 cm³/mol. The molecule has 0 saturated carbocycles. The van der Waals surface area contributed by atoms with Crippen molar-refractivity contribution in [1.29, 1.82) is 0 Å². The molecule has 0 saturated heterocycles. The average molecular weight is 552 g/mol. The van der Waals surface area contributed by atoms with Crippen LogP contribution in [0.5, 0.6) is 11.5 Å². The molecule has 2 aromatic carbocycles. The molecule has 0 spiro atoms. The third kappa shape index (κ3) is 7.70. The zero-order chi connectivity index (χ0) is 28.5. The quantitative estimate of drug-likeness (QED) is 0.219. The van der Waals surface area contributed by atoms with Crippen molar-refractivity contribution in [1.82, 2.24) is 0 Å². The summed E-state index contributed by atoms with van der Waals surface area (Å²) in [5, 5.41) is 2.92. The Kier molecular flexibility index (Phi) is 10.3. The lowest BCUT2D eigenvalue weighted by Crippen LogP contribution is -2.13. The van der Waals surface area contributed by atoms with Crippen LogP contribution >= 0.6 is 11.3 Å². The van der Waals surface area contributed by atoms with E-state index in [0.29, 0.717) is 29.2 Å². The molecular formula is C30H33NO7S. The smallest absolute Gasteiger partial charge is 0.348 e. The average Bonchev–Trinajstić information content (AvgIpc) is 3.22. The van der Waals surface area contributed by atoms with E-state index in [1.165, 1.54) is 6.08 Å². The minimum Gasteiger partial charge on any atom is -0.493 e. The van der Waals surface area contributed by atoms with E-state index in [1.54, 1.807) is 59.1 Å². The molecule has 0 radical (unpaired) electrons. The third-order valence-electron chi connectivity index (χ3n) is 5.65. The molecule has 1 amide bonds. The fourth-order valence-corrected chi connectivity index (χ4v) is 4.75. The highest BCUT2D eigenvalue weighted by Crippen LogP contribution is 2.35. The van der Waals surface area contributed by atoms with Crippen molar-refractivity contribution in [3.63, 3.8) is 0 Å². The minimum atomic E-state index is -0.625. The standard InChI is InChI=1S/C30H33NO7S/c1-7-36-29(33)26-20(5)27(30(34)38-18(2)3)39-28(26)31-25(32)15-13-21-12-14-23(24(16-21)35-6)37-17-22-11-9-8-10-19(22)4/h8-16,18H,7,17H2,1-6H3,(H,31,32)/b15-13+. The van der Waals surface area contributed by atoms with Gasteiger partial charge >= 0.3 is 11.9 Å². The second-order valence-corrected chi connectivity index (χ2v) is 9.90. The molecule has 0 aliphatic heterocycles. The summed E-state index contributed by atoms with van der Waals surface area (Å²) in [6.45, 7) is 9.36. The number of esters is 2. The molecule has 0 unspecified atom stereocenters. The van der Waals surface area contributed by atoms with Gasteiger partial charge in [0.25, 0.3) is 0 Å². The molecule has 39 heavy (non-hydrogen) atoms. The molecule has 206 valence electrons. The van der Waals surface area contributed by atoms with E-state index in [1.807, 2.05) is 31.2 Å². The fraction of sp³-hybridized carbons (Fsp3) is 0.300. The highest BCUT2D eigenvalue weighted by molar-refractivity contribution is 7.18. The molecule has 9 heteroatoms. The van der Waals surface area contributed by atoms with E-state index < -0.39 is 17.8 Å². The Morgan fingerprint density at radius 2 is 1.77 bits per heavy atom. The molecule has 0 aliphatic carbocycles. The number of benzene rings is 2. The van der Waals surface area contributed by atoms with E-state index in [0.717, 1.165) is 22.5 Å². The van der Waals surface area contributed by atoms with Gasteiger partial charge in [-0.1, -0.05) is 30.3 Å². The fourth-order valence-electron chi connectivity index (χ4n) is 3.67. The zero-order valence-corrected chi connectivity index (χ0v) is 23.8. The molecule has 1 aromatic heterocycles. The first kappa shape index (κ1) is 29.4. The summed E-state index contributed by atoms with van der Waals surface area (Å²) >= 11 is 0.975. The number of thiophene rings is 1. The van der Waals surface area contributed by atoms with Crippen molar-refractivity contribution >= 4 is 40.3 Å². The topological polar surface area (TPSA) is 100 Å². The lowest BCUT2D eigenvalue weighted by molar-refractivity contribution is -0.111. The van der Waals surface area contributed by atoms with Crippen molar-refractivity contribution in [3.05, 3.63) is 81.2 Å². The van der Waals surface area contributed by atoms with Gasteiger partial charge in [0.05, 0.1) is 25.4 Å². The number of methoxy groups -OCH3 is 1. The number of hydrogen-bond donors (Lipinski definition) is 1. The molecule has 0 aliphatic rings. The zero-order valence-electron chi connectivity index (χ0n) is 23.0. The van der Waals surface area contributed by atoms with Gasteiger partial charge in [0.1, 0.15) is 16.5 Å². The van der Waals surface area contributed by atoms with Gasteiger partial charge in [-0.15, -0.1) is 11.3 Å². The van der Waals surface area contributed by atoms with E-state index in [4.69, 9.17) is 18.9 Å². The minimum absolute atomic E-state index is 0.135. The lowest BCUT2D eigenvalue weighted by Gasteiger charge is -2.12. The van der Waals surface area contributed by atoms with E-state index in [2.05, 4.69) is 5.32 Å². The van der Waals surface area contributed by atoms with Crippen molar-refractivity contribution in [2.75, 3.05) is 19.0 Å². The van der Waals surface area contributed by atoms with Crippen LogP contribution in [-0.2, 0) is 20.9 Å². The maximum atomic E-state index is 12.8. The second-order valence-electron chi connectivity index (χ2n) is 8.88. The van der Waals surface area contributed by atoms with Crippen LogP contribution in [0.25, 0.3) is 6.08 Å². The van der Waals surface area contributed by atoms with Crippen LogP contribution < -0.4 is 14.8 Å². The van der Waals surface area contributed by atoms with Gasteiger partial charge in [0, 0.05) is 6.08 Å². The molecule has 1 N–H and O–H groups in total. The Balaban J connectivity index is 1.76. The molecule has 3 rings (SSSR count). The number of anilines is 1. The number of nitrogens with one attached hydrogen (secondary N) is 1. The van der Waals surface area contributed by atoms with Crippen LogP contribution in [0, 0.1) is 13.8 Å². The number of ether oxygens (including phenoxy) is 4. The van der Waals surface area contributed by atoms with Crippen LogP contribution in [0.3, 0.4) is 0 Å².